The van der Waals surface area contributed by atoms with Crippen LogP contribution in [0, 0.1) is 13.8 Å². The van der Waals surface area contributed by atoms with Gasteiger partial charge in [-0.25, -0.2) is 4.98 Å². The first-order chi connectivity index (χ1) is 9.91. The van der Waals surface area contributed by atoms with Gasteiger partial charge in [-0.3, -0.25) is 4.79 Å². The Kier molecular flexibility index (Phi) is 3.29. The number of rotatable bonds is 1. The van der Waals surface area contributed by atoms with Gasteiger partial charge in [-0.15, -0.1) is 0 Å². The van der Waals surface area contributed by atoms with Crippen LogP contribution >= 0.6 is 11.6 Å². The van der Waals surface area contributed by atoms with Crippen LogP contribution in [-0.4, -0.2) is 21.0 Å². The zero-order valence-electron chi connectivity index (χ0n) is 12.3. The van der Waals surface area contributed by atoms with Crippen molar-refractivity contribution in [3.63, 3.8) is 0 Å². The van der Waals surface area contributed by atoms with Crippen molar-refractivity contribution in [2.24, 2.45) is 0 Å². The minimum absolute atomic E-state index is 0.0589. The standard InChI is InChI=1S/C16H16ClN3O/c1-9-8-13(17)18-11-6-7-16(3,15(21)14(9)11)12-5-4-10(2)19-20-12/h4-5,8H,6-7H2,1-3H3. The summed E-state index contributed by atoms with van der Waals surface area (Å²) in [5.74, 6) is 0.0589. The molecule has 1 atom stereocenters. The summed E-state index contributed by atoms with van der Waals surface area (Å²) in [6.45, 7) is 5.72. The summed E-state index contributed by atoms with van der Waals surface area (Å²) < 4.78 is 0. The van der Waals surface area contributed by atoms with E-state index >= 15 is 0 Å². The van der Waals surface area contributed by atoms with Gasteiger partial charge >= 0.3 is 0 Å². The molecule has 0 bridgehead atoms. The number of carbonyl (C=O) groups excluding carboxylic acids is 1. The zero-order chi connectivity index (χ0) is 15.2. The normalized spacial score (nSPS) is 21.2. The van der Waals surface area contributed by atoms with Crippen LogP contribution in [0.3, 0.4) is 0 Å². The van der Waals surface area contributed by atoms with Crippen molar-refractivity contribution in [2.45, 2.75) is 39.0 Å². The van der Waals surface area contributed by atoms with E-state index in [1.165, 1.54) is 0 Å². The van der Waals surface area contributed by atoms with Gasteiger partial charge in [-0.2, -0.15) is 10.2 Å². The van der Waals surface area contributed by atoms with Gasteiger partial charge in [0.05, 0.1) is 22.5 Å². The molecule has 108 valence electrons. The Labute approximate surface area is 128 Å². The minimum atomic E-state index is -0.645. The molecule has 0 saturated heterocycles. The monoisotopic (exact) mass is 301 g/mol. The van der Waals surface area contributed by atoms with Crippen LogP contribution in [0.5, 0.6) is 0 Å². The van der Waals surface area contributed by atoms with Gasteiger partial charge < -0.3 is 0 Å². The van der Waals surface area contributed by atoms with E-state index in [-0.39, 0.29) is 5.78 Å². The Morgan fingerprint density at radius 2 is 2.00 bits per heavy atom. The van der Waals surface area contributed by atoms with Crippen LogP contribution in [0.25, 0.3) is 0 Å². The number of carbonyl (C=O) groups is 1. The molecule has 0 saturated carbocycles. The van der Waals surface area contributed by atoms with Gasteiger partial charge in [-0.05, 0) is 57.4 Å². The highest BCUT2D eigenvalue weighted by molar-refractivity contribution is 6.29. The first-order valence-corrected chi connectivity index (χ1v) is 7.31. The number of ketones is 1. The van der Waals surface area contributed by atoms with E-state index in [2.05, 4.69) is 15.2 Å². The second-order valence-electron chi connectivity index (χ2n) is 5.80. The molecule has 1 aliphatic carbocycles. The molecule has 5 heteroatoms. The highest BCUT2D eigenvalue weighted by Crippen LogP contribution is 2.38. The molecule has 0 spiro atoms. The molecular formula is C16H16ClN3O. The average molecular weight is 302 g/mol. The summed E-state index contributed by atoms with van der Waals surface area (Å²) in [4.78, 5) is 17.3. The third kappa shape index (κ3) is 2.23. The number of hydrogen-bond acceptors (Lipinski definition) is 4. The molecule has 0 amide bonds. The van der Waals surface area contributed by atoms with Crippen LogP contribution < -0.4 is 0 Å². The predicted molar refractivity (Wildman–Crippen MR) is 80.8 cm³/mol. The Balaban J connectivity index is 2.11. The topological polar surface area (TPSA) is 55.7 Å². The second-order valence-corrected chi connectivity index (χ2v) is 6.19. The lowest BCUT2D eigenvalue weighted by Gasteiger charge is -2.32. The molecule has 0 radical (unpaired) electrons. The van der Waals surface area contributed by atoms with Crippen molar-refractivity contribution >= 4 is 17.4 Å². The largest absolute Gasteiger partial charge is 0.293 e. The number of aryl methyl sites for hydroxylation is 3. The number of aromatic nitrogens is 3. The number of fused-ring (bicyclic) bond motifs is 1. The van der Waals surface area contributed by atoms with Crippen LogP contribution in [0.15, 0.2) is 18.2 Å². The average Bonchev–Trinajstić information content (AvgIpc) is 2.43. The van der Waals surface area contributed by atoms with Crippen molar-refractivity contribution in [3.05, 3.63) is 51.6 Å². The molecule has 0 fully saturated rings. The van der Waals surface area contributed by atoms with Gasteiger partial charge in [0, 0.05) is 5.56 Å². The summed E-state index contributed by atoms with van der Waals surface area (Å²) in [5, 5.41) is 8.76. The number of hydrogen-bond donors (Lipinski definition) is 0. The molecule has 2 aromatic heterocycles. The van der Waals surface area contributed by atoms with E-state index in [1.54, 1.807) is 6.07 Å². The Morgan fingerprint density at radius 1 is 1.24 bits per heavy atom. The molecule has 1 aliphatic rings. The quantitative estimate of drug-likeness (QED) is 0.759. The van der Waals surface area contributed by atoms with E-state index in [4.69, 9.17) is 11.6 Å². The molecule has 2 heterocycles. The fraction of sp³-hybridized carbons (Fsp3) is 0.375. The molecule has 21 heavy (non-hydrogen) atoms. The van der Waals surface area contributed by atoms with Crippen molar-refractivity contribution in [1.82, 2.24) is 15.2 Å². The molecular weight excluding hydrogens is 286 g/mol. The second kappa shape index (κ2) is 4.88. The first kappa shape index (κ1) is 14.1. The SMILES string of the molecule is Cc1ccc(C2(C)CCc3nc(Cl)cc(C)c3C2=O)nn1. The van der Waals surface area contributed by atoms with Gasteiger partial charge in [0.15, 0.2) is 5.78 Å². The summed E-state index contributed by atoms with van der Waals surface area (Å²) in [6, 6.07) is 5.53. The van der Waals surface area contributed by atoms with Gasteiger partial charge in [0.2, 0.25) is 0 Å². The van der Waals surface area contributed by atoms with Crippen LogP contribution in [0.1, 0.15) is 46.3 Å². The first-order valence-electron chi connectivity index (χ1n) is 6.93. The van der Waals surface area contributed by atoms with Crippen molar-refractivity contribution < 1.29 is 4.79 Å². The fourth-order valence-corrected chi connectivity index (χ4v) is 3.15. The van der Waals surface area contributed by atoms with Crippen LogP contribution in [0.2, 0.25) is 5.15 Å². The molecule has 0 aromatic carbocycles. The molecule has 0 aliphatic heterocycles. The summed E-state index contributed by atoms with van der Waals surface area (Å²) in [6.07, 6.45) is 1.39. The lowest BCUT2D eigenvalue weighted by molar-refractivity contribution is 0.0869. The maximum atomic E-state index is 13.0. The number of pyridine rings is 1. The molecule has 4 nitrogen and oxygen atoms in total. The highest BCUT2D eigenvalue weighted by Gasteiger charge is 2.42. The third-order valence-electron chi connectivity index (χ3n) is 4.21. The summed E-state index contributed by atoms with van der Waals surface area (Å²) in [5.41, 5.74) is 3.28. The van der Waals surface area contributed by atoms with E-state index in [1.807, 2.05) is 32.9 Å². The van der Waals surface area contributed by atoms with Crippen LogP contribution in [0.4, 0.5) is 0 Å². The van der Waals surface area contributed by atoms with Crippen molar-refractivity contribution in [2.75, 3.05) is 0 Å². The summed E-state index contributed by atoms with van der Waals surface area (Å²) in [7, 11) is 0. The maximum absolute atomic E-state index is 13.0. The number of halogens is 1. The highest BCUT2D eigenvalue weighted by atomic mass is 35.5. The predicted octanol–water partition coefficient (Wildman–Crippen LogP) is 3.23. The Morgan fingerprint density at radius 3 is 2.67 bits per heavy atom. The smallest absolute Gasteiger partial charge is 0.176 e. The van der Waals surface area contributed by atoms with Crippen molar-refractivity contribution in [3.8, 4) is 0 Å². The molecule has 2 aromatic rings. The molecule has 1 unspecified atom stereocenters. The minimum Gasteiger partial charge on any atom is -0.293 e. The Bertz CT molecular complexity index is 727. The van der Waals surface area contributed by atoms with E-state index < -0.39 is 5.41 Å². The lowest BCUT2D eigenvalue weighted by atomic mass is 9.70. The van der Waals surface area contributed by atoms with Gasteiger partial charge in [0.25, 0.3) is 0 Å². The van der Waals surface area contributed by atoms with E-state index in [0.717, 1.165) is 22.6 Å². The van der Waals surface area contributed by atoms with Gasteiger partial charge in [0.1, 0.15) is 5.15 Å². The third-order valence-corrected chi connectivity index (χ3v) is 4.41. The van der Waals surface area contributed by atoms with E-state index in [0.29, 0.717) is 23.6 Å². The van der Waals surface area contributed by atoms with Gasteiger partial charge in [-0.1, -0.05) is 11.6 Å². The fourth-order valence-electron chi connectivity index (χ4n) is 2.88. The summed E-state index contributed by atoms with van der Waals surface area (Å²) >= 11 is 5.99. The maximum Gasteiger partial charge on any atom is 0.176 e. The molecule has 0 N–H and O–H groups in total. The lowest BCUT2D eigenvalue weighted by Crippen LogP contribution is -2.39. The number of Topliss-reactive ketones (excluding diaryl/α,β-unsaturated/α-hetero) is 1. The molecule has 3 rings (SSSR count). The number of nitrogens with zero attached hydrogens (tertiary/aromatic N) is 3. The Hall–Kier alpha value is -1.81. The van der Waals surface area contributed by atoms with Crippen molar-refractivity contribution in [1.29, 1.82) is 0 Å². The van der Waals surface area contributed by atoms with Crippen LogP contribution in [-0.2, 0) is 11.8 Å². The zero-order valence-corrected chi connectivity index (χ0v) is 13.0. The van der Waals surface area contributed by atoms with E-state index in [9.17, 15) is 4.79 Å².